The number of amides is 1. The van der Waals surface area contributed by atoms with Crippen LogP contribution in [0, 0.1) is 0 Å². The van der Waals surface area contributed by atoms with Crippen LogP contribution < -0.4 is 15.8 Å². The summed E-state index contributed by atoms with van der Waals surface area (Å²) in [5, 5.41) is 3.72. The molecule has 1 aliphatic heterocycles. The maximum absolute atomic E-state index is 11.8. The van der Waals surface area contributed by atoms with Crippen molar-refractivity contribution in [3.63, 3.8) is 0 Å². The summed E-state index contributed by atoms with van der Waals surface area (Å²) in [6.45, 7) is 1.24. The number of nitrogens with two attached hydrogens (primary N) is 1. The fourth-order valence-electron chi connectivity index (χ4n) is 2.43. The fourth-order valence-corrected chi connectivity index (χ4v) is 2.94. The molecule has 3 N–H and O–H groups in total. The van der Waals surface area contributed by atoms with Gasteiger partial charge in [-0.2, -0.15) is 0 Å². The molecule has 1 saturated heterocycles. The van der Waals surface area contributed by atoms with Crippen molar-refractivity contribution in [3.8, 4) is 5.75 Å². The maximum Gasteiger partial charge on any atom is 0.228 e. The number of ether oxygens (including phenoxy) is 1. The molecule has 1 heterocycles. The number of thiocarbonyl (C=S) groups is 1. The molecule has 2 rings (SSSR count). The highest BCUT2D eigenvalue weighted by molar-refractivity contribution is 7.80. The highest BCUT2D eigenvalue weighted by atomic mass is 35.5. The molecule has 1 unspecified atom stereocenters. The minimum absolute atomic E-state index is 0.101. The Morgan fingerprint density at radius 3 is 3.00 bits per heavy atom. The molecule has 0 radical (unpaired) electrons. The lowest BCUT2D eigenvalue weighted by Crippen LogP contribution is -2.51. The molecule has 1 amide bonds. The third kappa shape index (κ3) is 3.64. The van der Waals surface area contributed by atoms with Gasteiger partial charge in [0.05, 0.1) is 19.6 Å². The predicted molar refractivity (Wildman–Crippen MR) is 86.5 cm³/mol. The molecule has 0 saturated carbocycles. The van der Waals surface area contributed by atoms with E-state index in [2.05, 4.69) is 5.32 Å². The van der Waals surface area contributed by atoms with E-state index in [1.807, 2.05) is 11.0 Å². The lowest BCUT2D eigenvalue weighted by Gasteiger charge is -2.38. The van der Waals surface area contributed by atoms with Gasteiger partial charge in [0.15, 0.2) is 5.11 Å². The molecule has 1 aromatic carbocycles. The van der Waals surface area contributed by atoms with E-state index < -0.39 is 0 Å². The van der Waals surface area contributed by atoms with Crippen LogP contribution in [-0.2, 0) is 4.79 Å². The van der Waals surface area contributed by atoms with Crippen molar-refractivity contribution in [1.82, 2.24) is 10.2 Å². The Hall–Kier alpha value is -1.37. The standard InChI is InChI=1S/C14H18ClN3O2S/c1-20-12-4-3-9(15)7-10(12)11-8-13(19)17-14(21)18(11)6-2-5-16/h3-4,7,11H,2,5-6,8,16H2,1H3,(H,17,19,21). The zero-order chi connectivity index (χ0) is 15.4. The van der Waals surface area contributed by atoms with E-state index in [-0.39, 0.29) is 11.9 Å². The lowest BCUT2D eigenvalue weighted by molar-refractivity contribution is -0.122. The second-order valence-corrected chi connectivity index (χ2v) is 5.62. The van der Waals surface area contributed by atoms with Crippen LogP contribution in [0.3, 0.4) is 0 Å². The first kappa shape index (κ1) is 16.0. The van der Waals surface area contributed by atoms with Crippen LogP contribution in [0.4, 0.5) is 0 Å². The third-order valence-corrected chi connectivity index (χ3v) is 3.99. The van der Waals surface area contributed by atoms with Crippen molar-refractivity contribution in [1.29, 1.82) is 0 Å². The van der Waals surface area contributed by atoms with Crippen molar-refractivity contribution in [2.24, 2.45) is 5.73 Å². The first-order chi connectivity index (χ1) is 10.1. The number of hydrogen-bond acceptors (Lipinski definition) is 4. The Bertz CT molecular complexity index is 553. The maximum atomic E-state index is 11.8. The van der Waals surface area contributed by atoms with Gasteiger partial charge in [0.2, 0.25) is 5.91 Å². The molecule has 1 aliphatic rings. The smallest absolute Gasteiger partial charge is 0.228 e. The Morgan fingerprint density at radius 1 is 1.57 bits per heavy atom. The number of methoxy groups -OCH3 is 1. The summed E-state index contributed by atoms with van der Waals surface area (Å²) < 4.78 is 5.39. The van der Waals surface area contributed by atoms with Crippen molar-refractivity contribution < 1.29 is 9.53 Å². The summed E-state index contributed by atoms with van der Waals surface area (Å²) >= 11 is 11.4. The quantitative estimate of drug-likeness (QED) is 0.808. The van der Waals surface area contributed by atoms with Crippen LogP contribution in [0.25, 0.3) is 0 Å². The molecule has 1 atom stereocenters. The molecule has 1 fully saturated rings. The van der Waals surface area contributed by atoms with E-state index in [9.17, 15) is 4.79 Å². The van der Waals surface area contributed by atoms with Crippen LogP contribution in [0.5, 0.6) is 5.75 Å². The number of carbonyl (C=O) groups is 1. The van der Waals surface area contributed by atoms with E-state index in [0.29, 0.717) is 35.4 Å². The van der Waals surface area contributed by atoms with Gasteiger partial charge in [-0.15, -0.1) is 0 Å². The van der Waals surface area contributed by atoms with Gasteiger partial charge in [-0.1, -0.05) is 11.6 Å². The minimum Gasteiger partial charge on any atom is -0.496 e. The zero-order valence-electron chi connectivity index (χ0n) is 11.8. The molecule has 0 bridgehead atoms. The summed E-state index contributed by atoms with van der Waals surface area (Å²) in [6.07, 6.45) is 1.09. The zero-order valence-corrected chi connectivity index (χ0v) is 13.3. The number of carbonyl (C=O) groups excluding carboxylic acids is 1. The molecule has 21 heavy (non-hydrogen) atoms. The molecule has 0 aliphatic carbocycles. The summed E-state index contributed by atoms with van der Waals surface area (Å²) in [4.78, 5) is 13.8. The SMILES string of the molecule is COc1ccc(Cl)cc1C1CC(=O)NC(=S)N1CCCN. The van der Waals surface area contributed by atoms with Crippen LogP contribution in [-0.4, -0.2) is 36.1 Å². The van der Waals surface area contributed by atoms with Crippen LogP contribution >= 0.6 is 23.8 Å². The number of halogens is 1. The van der Waals surface area contributed by atoms with E-state index >= 15 is 0 Å². The molecule has 114 valence electrons. The monoisotopic (exact) mass is 327 g/mol. The normalized spacial score (nSPS) is 18.6. The molecular formula is C14H18ClN3O2S. The van der Waals surface area contributed by atoms with Crippen molar-refractivity contribution >= 4 is 34.8 Å². The Balaban J connectivity index is 2.38. The van der Waals surface area contributed by atoms with Crippen LogP contribution in [0.15, 0.2) is 18.2 Å². The number of nitrogens with zero attached hydrogens (tertiary/aromatic N) is 1. The number of hydrogen-bond donors (Lipinski definition) is 2. The number of nitrogens with one attached hydrogen (secondary N) is 1. The van der Waals surface area contributed by atoms with Gasteiger partial charge in [-0.05, 0) is 43.4 Å². The Labute approximate surface area is 134 Å². The van der Waals surface area contributed by atoms with Crippen LogP contribution in [0.2, 0.25) is 5.02 Å². The average molecular weight is 328 g/mol. The fraction of sp³-hybridized carbons (Fsp3) is 0.429. The minimum atomic E-state index is -0.188. The number of benzene rings is 1. The Morgan fingerprint density at radius 2 is 2.33 bits per heavy atom. The molecule has 1 aromatic rings. The van der Waals surface area contributed by atoms with Crippen molar-refractivity contribution in [2.45, 2.75) is 18.9 Å². The van der Waals surface area contributed by atoms with E-state index in [0.717, 1.165) is 12.0 Å². The second kappa shape index (κ2) is 7.06. The highest BCUT2D eigenvalue weighted by Crippen LogP contribution is 2.35. The second-order valence-electron chi connectivity index (χ2n) is 4.80. The summed E-state index contributed by atoms with van der Waals surface area (Å²) in [5.41, 5.74) is 6.44. The molecule has 0 aromatic heterocycles. The molecular weight excluding hydrogens is 310 g/mol. The van der Waals surface area contributed by atoms with Gasteiger partial charge >= 0.3 is 0 Å². The van der Waals surface area contributed by atoms with Gasteiger partial charge in [-0.3, -0.25) is 4.79 Å². The summed E-state index contributed by atoms with van der Waals surface area (Å²) in [5.74, 6) is 0.593. The van der Waals surface area contributed by atoms with Gasteiger partial charge < -0.3 is 20.7 Å². The molecule has 7 heteroatoms. The van der Waals surface area contributed by atoms with Gasteiger partial charge in [0, 0.05) is 17.1 Å². The topological polar surface area (TPSA) is 67.6 Å². The molecule has 5 nitrogen and oxygen atoms in total. The summed E-state index contributed by atoms with van der Waals surface area (Å²) in [6, 6.07) is 5.19. The number of rotatable bonds is 5. The van der Waals surface area contributed by atoms with Crippen LogP contribution in [0.1, 0.15) is 24.4 Å². The van der Waals surface area contributed by atoms with E-state index in [1.165, 1.54) is 0 Å². The lowest BCUT2D eigenvalue weighted by atomic mass is 9.98. The van der Waals surface area contributed by atoms with E-state index in [1.54, 1.807) is 19.2 Å². The third-order valence-electron chi connectivity index (χ3n) is 3.42. The average Bonchev–Trinajstić information content (AvgIpc) is 2.45. The Kier molecular flexibility index (Phi) is 5.39. The van der Waals surface area contributed by atoms with Gasteiger partial charge in [0.25, 0.3) is 0 Å². The van der Waals surface area contributed by atoms with Gasteiger partial charge in [0.1, 0.15) is 5.75 Å². The largest absolute Gasteiger partial charge is 0.496 e. The first-order valence-corrected chi connectivity index (χ1v) is 7.49. The molecule has 0 spiro atoms. The van der Waals surface area contributed by atoms with E-state index in [4.69, 9.17) is 34.3 Å². The van der Waals surface area contributed by atoms with Crippen molar-refractivity contribution in [3.05, 3.63) is 28.8 Å². The van der Waals surface area contributed by atoms with Gasteiger partial charge in [-0.25, -0.2) is 0 Å². The highest BCUT2D eigenvalue weighted by Gasteiger charge is 2.32. The summed E-state index contributed by atoms with van der Waals surface area (Å²) in [7, 11) is 1.60. The first-order valence-electron chi connectivity index (χ1n) is 6.70. The predicted octanol–water partition coefficient (Wildman–Crippen LogP) is 1.85. The van der Waals surface area contributed by atoms with Crippen molar-refractivity contribution in [2.75, 3.05) is 20.2 Å².